The molecule has 4 rings (SSSR count). The molecule has 134 valence electrons. The molecule has 6 nitrogen and oxygen atoms in total. The highest BCUT2D eigenvalue weighted by atomic mass is 79.9. The number of anilines is 1. The van der Waals surface area contributed by atoms with E-state index in [4.69, 9.17) is 0 Å². The van der Waals surface area contributed by atoms with Crippen molar-refractivity contribution < 1.29 is 18.4 Å². The number of aromatic nitrogens is 2. The number of nitrogens with zero attached hydrogens (tertiary/aromatic N) is 3. The number of carbonyl (C=O) groups is 2. The van der Waals surface area contributed by atoms with Crippen LogP contribution in [0.5, 0.6) is 0 Å². The van der Waals surface area contributed by atoms with Crippen LogP contribution in [-0.2, 0) is 10.2 Å². The van der Waals surface area contributed by atoms with Crippen LogP contribution in [0.3, 0.4) is 0 Å². The smallest absolute Gasteiger partial charge is 0.254 e. The van der Waals surface area contributed by atoms with E-state index in [-0.39, 0.29) is 24.9 Å². The molecular weight excluding hydrogens is 410 g/mol. The van der Waals surface area contributed by atoms with Gasteiger partial charge in [0.05, 0.1) is 12.4 Å². The van der Waals surface area contributed by atoms with Crippen molar-refractivity contribution in [3.63, 3.8) is 0 Å². The van der Waals surface area contributed by atoms with Crippen LogP contribution in [0.25, 0.3) is 0 Å². The second-order valence-electron chi connectivity index (χ2n) is 6.45. The zero-order valence-corrected chi connectivity index (χ0v) is 15.0. The summed E-state index contributed by atoms with van der Waals surface area (Å²) in [6, 6.07) is 5.13. The Morgan fingerprint density at radius 1 is 1.38 bits per heavy atom. The molecule has 26 heavy (non-hydrogen) atoms. The standard InChI is InChI=1S/C17H13BrF2N4O2/c18-9-1-2-11-12(3-9)17(4-13(17)20)8-24(15(11)26)7-14(25)23-16-21-5-10(19)6-22-16/h1-3,5-6,13H,4,7-8H2,(H,21,22,23,25)/t13-,17-/m1/s1. The maximum atomic E-state index is 14.2. The summed E-state index contributed by atoms with van der Waals surface area (Å²) in [5, 5.41) is 2.41. The summed E-state index contributed by atoms with van der Waals surface area (Å²) in [4.78, 5) is 33.5. The zero-order chi connectivity index (χ0) is 18.5. The SMILES string of the molecule is O=C(CN1C[C@]2(C[C@H]2F)c2cc(Br)ccc2C1=O)Nc1ncc(F)cn1. The Morgan fingerprint density at radius 3 is 2.73 bits per heavy atom. The predicted octanol–water partition coefficient (Wildman–Crippen LogP) is 2.45. The summed E-state index contributed by atoms with van der Waals surface area (Å²) >= 11 is 3.36. The minimum atomic E-state index is -1.05. The van der Waals surface area contributed by atoms with Gasteiger partial charge in [-0.05, 0) is 30.2 Å². The van der Waals surface area contributed by atoms with E-state index >= 15 is 0 Å². The lowest BCUT2D eigenvalue weighted by Gasteiger charge is -2.34. The number of hydrogen-bond acceptors (Lipinski definition) is 4. The van der Waals surface area contributed by atoms with E-state index in [1.807, 2.05) is 0 Å². The average Bonchev–Trinajstić information content (AvgIpc) is 3.25. The number of hydrogen-bond donors (Lipinski definition) is 1. The van der Waals surface area contributed by atoms with Crippen molar-refractivity contribution >= 4 is 33.7 Å². The van der Waals surface area contributed by atoms with Crippen molar-refractivity contribution in [1.29, 1.82) is 0 Å². The molecule has 0 bridgehead atoms. The predicted molar refractivity (Wildman–Crippen MR) is 91.9 cm³/mol. The van der Waals surface area contributed by atoms with Crippen molar-refractivity contribution in [2.24, 2.45) is 0 Å². The molecule has 2 atom stereocenters. The van der Waals surface area contributed by atoms with Crippen molar-refractivity contribution in [2.75, 3.05) is 18.4 Å². The van der Waals surface area contributed by atoms with Gasteiger partial charge in [0.1, 0.15) is 12.7 Å². The van der Waals surface area contributed by atoms with Gasteiger partial charge in [-0.25, -0.2) is 18.7 Å². The lowest BCUT2D eigenvalue weighted by atomic mass is 9.86. The van der Waals surface area contributed by atoms with E-state index < -0.39 is 23.3 Å². The van der Waals surface area contributed by atoms with Crippen molar-refractivity contribution in [3.05, 3.63) is 52.0 Å². The highest BCUT2D eigenvalue weighted by Crippen LogP contribution is 2.54. The number of benzene rings is 1. The highest BCUT2D eigenvalue weighted by molar-refractivity contribution is 9.10. The number of amides is 2. The molecule has 1 fully saturated rings. The van der Waals surface area contributed by atoms with Gasteiger partial charge >= 0.3 is 0 Å². The lowest BCUT2D eigenvalue weighted by molar-refractivity contribution is -0.117. The Hall–Kier alpha value is -2.42. The van der Waals surface area contributed by atoms with Crippen LogP contribution in [0.1, 0.15) is 22.3 Å². The number of rotatable bonds is 3. The number of alkyl halides is 1. The number of halogens is 3. The molecule has 1 aliphatic heterocycles. The van der Waals surface area contributed by atoms with E-state index in [0.717, 1.165) is 16.9 Å². The fourth-order valence-electron chi connectivity index (χ4n) is 3.33. The monoisotopic (exact) mass is 422 g/mol. The van der Waals surface area contributed by atoms with Crippen LogP contribution >= 0.6 is 15.9 Å². The maximum Gasteiger partial charge on any atom is 0.254 e. The first-order valence-corrected chi connectivity index (χ1v) is 8.69. The summed E-state index contributed by atoms with van der Waals surface area (Å²) in [5.41, 5.74) is 0.341. The van der Waals surface area contributed by atoms with Crippen molar-refractivity contribution in [2.45, 2.75) is 18.0 Å². The molecule has 0 radical (unpaired) electrons. The number of fused-ring (bicyclic) bond motifs is 2. The van der Waals surface area contributed by atoms with Gasteiger partial charge in [0.15, 0.2) is 5.82 Å². The fourth-order valence-corrected chi connectivity index (χ4v) is 3.69. The van der Waals surface area contributed by atoms with E-state index in [2.05, 4.69) is 31.2 Å². The van der Waals surface area contributed by atoms with Crippen LogP contribution in [0.2, 0.25) is 0 Å². The first-order chi connectivity index (χ1) is 12.4. The van der Waals surface area contributed by atoms with E-state index in [0.29, 0.717) is 17.5 Å². The van der Waals surface area contributed by atoms with Gasteiger partial charge in [-0.3, -0.25) is 14.9 Å². The molecule has 2 amide bonds. The van der Waals surface area contributed by atoms with Crippen LogP contribution < -0.4 is 5.32 Å². The van der Waals surface area contributed by atoms with Crippen molar-refractivity contribution in [3.8, 4) is 0 Å². The third kappa shape index (κ3) is 2.86. The normalized spacial score (nSPS) is 23.7. The van der Waals surface area contributed by atoms with E-state index in [1.165, 1.54) is 4.90 Å². The second kappa shape index (κ2) is 6.08. The average molecular weight is 423 g/mol. The molecule has 1 aromatic carbocycles. The van der Waals surface area contributed by atoms with E-state index in [1.54, 1.807) is 18.2 Å². The van der Waals surface area contributed by atoms with Crippen molar-refractivity contribution in [1.82, 2.24) is 14.9 Å². The molecule has 1 N–H and O–H groups in total. The Kier molecular flexibility index (Phi) is 3.98. The molecule has 2 heterocycles. The zero-order valence-electron chi connectivity index (χ0n) is 13.4. The van der Waals surface area contributed by atoms with Crippen LogP contribution in [-0.4, -0.2) is 45.9 Å². The quantitative estimate of drug-likeness (QED) is 0.823. The molecule has 0 saturated heterocycles. The number of nitrogens with one attached hydrogen (secondary N) is 1. The van der Waals surface area contributed by atoms with Gasteiger partial charge in [0.2, 0.25) is 11.9 Å². The highest BCUT2D eigenvalue weighted by Gasteiger charge is 2.61. The summed E-state index contributed by atoms with van der Waals surface area (Å²) in [5.74, 6) is -1.54. The molecule has 9 heteroatoms. The summed E-state index contributed by atoms with van der Waals surface area (Å²) in [7, 11) is 0. The van der Waals surface area contributed by atoms with Crippen LogP contribution in [0, 0.1) is 5.82 Å². The molecule has 1 spiro atoms. The summed E-state index contributed by atoms with van der Waals surface area (Å²) in [6.45, 7) is -0.127. The summed E-state index contributed by atoms with van der Waals surface area (Å²) < 4.78 is 27.8. The topological polar surface area (TPSA) is 75.2 Å². The maximum absolute atomic E-state index is 14.2. The molecule has 1 aliphatic carbocycles. The first kappa shape index (κ1) is 17.0. The van der Waals surface area contributed by atoms with Crippen LogP contribution in [0.15, 0.2) is 35.1 Å². The minimum absolute atomic E-state index is 0.0605. The largest absolute Gasteiger partial charge is 0.328 e. The third-order valence-corrected chi connectivity index (χ3v) is 5.19. The van der Waals surface area contributed by atoms with Gasteiger partial charge in [0, 0.05) is 22.0 Å². The molecule has 2 aliphatic rings. The molecule has 1 aromatic heterocycles. The molecule has 1 saturated carbocycles. The lowest BCUT2D eigenvalue weighted by Crippen LogP contribution is -2.47. The molecule has 0 unspecified atom stereocenters. The van der Waals surface area contributed by atoms with Gasteiger partial charge in [0.25, 0.3) is 5.91 Å². The summed E-state index contributed by atoms with van der Waals surface area (Å²) in [6.07, 6.45) is 1.13. The van der Waals surface area contributed by atoms with Gasteiger partial charge in [-0.2, -0.15) is 0 Å². The Bertz CT molecular complexity index is 908. The first-order valence-electron chi connectivity index (χ1n) is 7.90. The van der Waals surface area contributed by atoms with E-state index in [9.17, 15) is 18.4 Å². The fraction of sp³-hybridized carbons (Fsp3) is 0.294. The number of carbonyl (C=O) groups excluding carboxylic acids is 2. The van der Waals surface area contributed by atoms with Gasteiger partial charge in [-0.1, -0.05) is 15.9 Å². The second-order valence-corrected chi connectivity index (χ2v) is 7.37. The Labute approximate surface area is 155 Å². The van der Waals surface area contributed by atoms with Gasteiger partial charge < -0.3 is 4.90 Å². The minimum Gasteiger partial charge on any atom is -0.328 e. The van der Waals surface area contributed by atoms with Crippen LogP contribution in [0.4, 0.5) is 14.7 Å². The van der Waals surface area contributed by atoms with Gasteiger partial charge in [-0.15, -0.1) is 0 Å². The Morgan fingerprint density at radius 2 is 2.08 bits per heavy atom. The molecular formula is C17H13BrF2N4O2. The molecule has 2 aromatic rings. The Balaban J connectivity index is 1.54. The third-order valence-electron chi connectivity index (χ3n) is 4.70.